The minimum Gasteiger partial charge on any atom is -0.381 e. The van der Waals surface area contributed by atoms with Crippen molar-refractivity contribution in [2.75, 3.05) is 13.2 Å². The number of rotatable bonds is 6. The number of carbonyl (C=O) groups is 1. The number of hydrogen-bond acceptors (Lipinski definition) is 3. The van der Waals surface area contributed by atoms with E-state index in [9.17, 15) is 4.79 Å². The molecule has 1 aliphatic heterocycles. The molecule has 0 spiro atoms. The van der Waals surface area contributed by atoms with Gasteiger partial charge in [-0.3, -0.25) is 4.79 Å². The van der Waals surface area contributed by atoms with Crippen LogP contribution in [0.25, 0.3) is 0 Å². The number of nitrogens with one attached hydrogen (secondary N) is 2. The molecule has 0 aromatic heterocycles. The average Bonchev–Trinajstić information content (AvgIpc) is 2.39. The van der Waals surface area contributed by atoms with Crippen molar-refractivity contribution in [1.29, 1.82) is 0 Å². The first kappa shape index (κ1) is 16.4. The molecule has 1 fully saturated rings. The van der Waals surface area contributed by atoms with E-state index in [2.05, 4.69) is 38.3 Å². The summed E-state index contributed by atoms with van der Waals surface area (Å²) < 4.78 is 5.38. The van der Waals surface area contributed by atoms with Crippen molar-refractivity contribution in [2.24, 2.45) is 5.92 Å². The molecule has 1 rings (SSSR count). The third-order valence-corrected chi connectivity index (χ3v) is 4.22. The highest BCUT2D eigenvalue weighted by Crippen LogP contribution is 2.19. The van der Waals surface area contributed by atoms with Crippen LogP contribution in [0.1, 0.15) is 53.9 Å². The van der Waals surface area contributed by atoms with E-state index in [0.717, 1.165) is 32.5 Å². The number of hydrogen-bond donors (Lipinski definition) is 2. The molecule has 0 radical (unpaired) electrons. The largest absolute Gasteiger partial charge is 0.381 e. The fourth-order valence-corrected chi connectivity index (χ4v) is 2.35. The molecule has 2 atom stereocenters. The monoisotopic (exact) mass is 270 g/mol. The summed E-state index contributed by atoms with van der Waals surface area (Å²) in [5.74, 6) is 0.703. The summed E-state index contributed by atoms with van der Waals surface area (Å²) in [5.41, 5.74) is -0.130. The van der Waals surface area contributed by atoms with Gasteiger partial charge in [-0.05, 0) is 52.9 Å². The van der Waals surface area contributed by atoms with E-state index in [-0.39, 0.29) is 17.5 Å². The van der Waals surface area contributed by atoms with E-state index in [1.807, 2.05) is 6.92 Å². The summed E-state index contributed by atoms with van der Waals surface area (Å²) in [6.45, 7) is 12.0. The molecule has 0 aromatic rings. The van der Waals surface area contributed by atoms with E-state index in [1.54, 1.807) is 0 Å². The molecule has 1 aliphatic rings. The number of ether oxygens (including phenoxy) is 1. The van der Waals surface area contributed by atoms with Crippen molar-refractivity contribution in [3.63, 3.8) is 0 Å². The first-order valence-corrected chi connectivity index (χ1v) is 7.51. The van der Waals surface area contributed by atoms with Crippen LogP contribution in [0, 0.1) is 5.92 Å². The minimum atomic E-state index is -0.149. The highest BCUT2D eigenvalue weighted by atomic mass is 16.5. The van der Waals surface area contributed by atoms with Gasteiger partial charge in [0.2, 0.25) is 5.91 Å². The summed E-state index contributed by atoms with van der Waals surface area (Å²) in [7, 11) is 0. The van der Waals surface area contributed by atoms with Gasteiger partial charge in [0, 0.05) is 24.8 Å². The average molecular weight is 270 g/mol. The second kappa shape index (κ2) is 7.25. The van der Waals surface area contributed by atoms with E-state index < -0.39 is 0 Å². The normalized spacial score (nSPS) is 20.9. The summed E-state index contributed by atoms with van der Waals surface area (Å²) in [6.07, 6.45) is 3.10. The lowest BCUT2D eigenvalue weighted by Gasteiger charge is -2.32. The van der Waals surface area contributed by atoms with Gasteiger partial charge in [0.05, 0.1) is 6.04 Å². The van der Waals surface area contributed by atoms with E-state index in [4.69, 9.17) is 4.74 Å². The summed E-state index contributed by atoms with van der Waals surface area (Å²) >= 11 is 0. The Morgan fingerprint density at radius 2 is 1.89 bits per heavy atom. The Morgan fingerprint density at radius 3 is 2.42 bits per heavy atom. The van der Waals surface area contributed by atoms with Gasteiger partial charge < -0.3 is 15.4 Å². The number of carbonyl (C=O) groups excluding carboxylic acids is 1. The van der Waals surface area contributed by atoms with Gasteiger partial charge in [-0.2, -0.15) is 0 Å². The highest BCUT2D eigenvalue weighted by Gasteiger charge is 2.26. The van der Waals surface area contributed by atoms with Crippen LogP contribution in [0.4, 0.5) is 0 Å². The zero-order valence-corrected chi connectivity index (χ0v) is 13.1. The van der Waals surface area contributed by atoms with E-state index >= 15 is 0 Å². The molecule has 19 heavy (non-hydrogen) atoms. The van der Waals surface area contributed by atoms with Crippen LogP contribution in [0.15, 0.2) is 0 Å². The third-order valence-electron chi connectivity index (χ3n) is 4.22. The van der Waals surface area contributed by atoms with Gasteiger partial charge in [0.25, 0.3) is 0 Å². The lowest BCUT2D eigenvalue weighted by Crippen LogP contribution is -2.53. The molecule has 0 aromatic carbocycles. The van der Waals surface area contributed by atoms with Crippen molar-refractivity contribution in [3.8, 4) is 0 Å². The van der Waals surface area contributed by atoms with Crippen LogP contribution in [0.5, 0.6) is 0 Å². The molecular weight excluding hydrogens is 240 g/mol. The molecule has 2 N–H and O–H groups in total. The van der Waals surface area contributed by atoms with Crippen molar-refractivity contribution in [1.82, 2.24) is 10.6 Å². The van der Waals surface area contributed by atoms with Crippen molar-refractivity contribution in [2.45, 2.75) is 71.5 Å². The van der Waals surface area contributed by atoms with Gasteiger partial charge in [0.15, 0.2) is 0 Å². The maximum atomic E-state index is 12.1. The first-order chi connectivity index (χ1) is 8.85. The molecule has 0 aliphatic carbocycles. The zero-order valence-electron chi connectivity index (χ0n) is 13.1. The summed E-state index contributed by atoms with van der Waals surface area (Å²) in [4.78, 5) is 12.1. The van der Waals surface area contributed by atoms with Gasteiger partial charge in [-0.25, -0.2) is 0 Å². The SMILES string of the molecule is CCC(C)(C)NC(=O)C(C)NC(C)C1CCOCC1. The predicted octanol–water partition coefficient (Wildman–Crippen LogP) is 2.08. The van der Waals surface area contributed by atoms with Crippen LogP contribution in [-0.2, 0) is 9.53 Å². The molecule has 2 unspecified atom stereocenters. The summed E-state index contributed by atoms with van der Waals surface area (Å²) in [6, 6.07) is 0.207. The minimum absolute atomic E-state index is 0.0887. The van der Waals surface area contributed by atoms with Crippen LogP contribution in [-0.4, -0.2) is 36.7 Å². The van der Waals surface area contributed by atoms with Crippen LogP contribution in [0.2, 0.25) is 0 Å². The maximum Gasteiger partial charge on any atom is 0.237 e. The molecule has 0 bridgehead atoms. The maximum absolute atomic E-state index is 12.1. The van der Waals surface area contributed by atoms with Crippen molar-refractivity contribution < 1.29 is 9.53 Å². The standard InChI is InChI=1S/C15H30N2O2/c1-6-15(4,5)17-14(18)12(3)16-11(2)13-7-9-19-10-8-13/h11-13,16H,6-10H2,1-5H3,(H,17,18). The van der Waals surface area contributed by atoms with Crippen molar-refractivity contribution in [3.05, 3.63) is 0 Å². The fourth-order valence-electron chi connectivity index (χ4n) is 2.35. The Bertz CT molecular complexity index is 286. The molecule has 4 nitrogen and oxygen atoms in total. The first-order valence-electron chi connectivity index (χ1n) is 7.51. The van der Waals surface area contributed by atoms with E-state index in [1.165, 1.54) is 0 Å². The lowest BCUT2D eigenvalue weighted by molar-refractivity contribution is -0.124. The smallest absolute Gasteiger partial charge is 0.237 e. The second-order valence-electron chi connectivity index (χ2n) is 6.35. The van der Waals surface area contributed by atoms with Gasteiger partial charge >= 0.3 is 0 Å². The molecule has 4 heteroatoms. The molecule has 1 saturated heterocycles. The lowest BCUT2D eigenvalue weighted by atomic mass is 9.92. The number of amides is 1. The summed E-state index contributed by atoms with van der Waals surface area (Å²) in [5, 5.41) is 6.52. The Morgan fingerprint density at radius 1 is 1.32 bits per heavy atom. The third kappa shape index (κ3) is 5.49. The molecule has 0 saturated carbocycles. The fraction of sp³-hybridized carbons (Fsp3) is 0.933. The van der Waals surface area contributed by atoms with Crippen LogP contribution in [0.3, 0.4) is 0 Å². The van der Waals surface area contributed by atoms with Gasteiger partial charge in [0.1, 0.15) is 0 Å². The zero-order chi connectivity index (χ0) is 14.5. The Labute approximate surface area is 117 Å². The Hall–Kier alpha value is -0.610. The van der Waals surface area contributed by atoms with Crippen LogP contribution >= 0.6 is 0 Å². The predicted molar refractivity (Wildman–Crippen MR) is 78.1 cm³/mol. The molecule has 1 heterocycles. The van der Waals surface area contributed by atoms with E-state index in [0.29, 0.717) is 12.0 Å². The quantitative estimate of drug-likeness (QED) is 0.777. The molecule has 1 amide bonds. The molecular formula is C15H30N2O2. The van der Waals surface area contributed by atoms with Crippen molar-refractivity contribution >= 4 is 5.91 Å². The Balaban J connectivity index is 2.40. The van der Waals surface area contributed by atoms with Crippen LogP contribution < -0.4 is 10.6 Å². The topological polar surface area (TPSA) is 50.4 Å². The second-order valence-corrected chi connectivity index (χ2v) is 6.35. The highest BCUT2D eigenvalue weighted by molar-refractivity contribution is 5.82. The molecule has 112 valence electrons. The van der Waals surface area contributed by atoms with Gasteiger partial charge in [-0.1, -0.05) is 6.92 Å². The Kier molecular flexibility index (Phi) is 6.27. The van der Waals surface area contributed by atoms with Gasteiger partial charge in [-0.15, -0.1) is 0 Å².